The van der Waals surface area contributed by atoms with Gasteiger partial charge in [0, 0.05) is 28.2 Å². The van der Waals surface area contributed by atoms with E-state index in [-0.39, 0.29) is 29.7 Å². The minimum Gasteiger partial charge on any atom is -0.497 e. The summed E-state index contributed by atoms with van der Waals surface area (Å²) in [5, 5.41) is 2.15. The van der Waals surface area contributed by atoms with Crippen molar-refractivity contribution in [3.8, 4) is 5.75 Å². The number of aromatic amines is 1. The fourth-order valence-electron chi connectivity index (χ4n) is 3.77. The molecule has 3 aromatic rings. The van der Waals surface area contributed by atoms with Gasteiger partial charge in [-0.2, -0.15) is 0 Å². The molecule has 8 nitrogen and oxygen atoms in total. The highest BCUT2D eigenvalue weighted by atomic mass is 127. The van der Waals surface area contributed by atoms with Crippen LogP contribution >= 0.6 is 22.6 Å². The minimum absolute atomic E-state index is 0.0183. The minimum atomic E-state index is -3.85. The molecule has 3 N–H and O–H groups in total. The fourth-order valence-corrected chi connectivity index (χ4v) is 5.95. The number of rotatable bonds is 9. The van der Waals surface area contributed by atoms with Crippen LogP contribution in [0.2, 0.25) is 0 Å². The summed E-state index contributed by atoms with van der Waals surface area (Å²) in [4.78, 5) is 14.8. The zero-order valence-corrected chi connectivity index (χ0v) is 21.4. The Labute approximate surface area is 210 Å². The smallest absolute Gasteiger partial charge is 0.249 e. The fraction of sp³-hybridized carbons (Fsp3) is 0.261. The molecule has 11 heteroatoms. The third-order valence-electron chi connectivity index (χ3n) is 5.51. The van der Waals surface area contributed by atoms with Crippen molar-refractivity contribution >= 4 is 49.8 Å². The number of nitrogens with one attached hydrogen (secondary N) is 3. The van der Waals surface area contributed by atoms with Gasteiger partial charge in [-0.25, -0.2) is 12.8 Å². The van der Waals surface area contributed by atoms with Gasteiger partial charge in [-0.3, -0.25) is 9.52 Å². The van der Waals surface area contributed by atoms with Crippen LogP contribution in [0, 0.1) is 9.39 Å². The van der Waals surface area contributed by atoms with Crippen LogP contribution in [0.1, 0.15) is 23.5 Å². The summed E-state index contributed by atoms with van der Waals surface area (Å²) in [5.41, 5.74) is 0.904. The number of ether oxygens (including phenoxy) is 2. The van der Waals surface area contributed by atoms with E-state index in [1.165, 1.54) is 25.3 Å². The Morgan fingerprint density at radius 3 is 2.68 bits per heavy atom. The molecule has 1 aromatic heterocycles. The van der Waals surface area contributed by atoms with E-state index in [4.69, 9.17) is 9.47 Å². The number of methoxy groups -OCH3 is 2. The molecule has 0 spiro atoms. The summed E-state index contributed by atoms with van der Waals surface area (Å²) < 4.78 is 54.7. The number of anilines is 3. The van der Waals surface area contributed by atoms with Crippen molar-refractivity contribution in [2.45, 2.75) is 24.2 Å². The second kappa shape index (κ2) is 9.92. The van der Waals surface area contributed by atoms with Crippen LogP contribution in [0.3, 0.4) is 0 Å². The molecule has 1 heterocycles. The number of benzene rings is 2. The van der Waals surface area contributed by atoms with E-state index in [2.05, 4.69) is 15.0 Å². The summed E-state index contributed by atoms with van der Waals surface area (Å²) in [7, 11) is -0.854. The van der Waals surface area contributed by atoms with Gasteiger partial charge in [-0.15, -0.1) is 0 Å². The molecular weight excluding hydrogens is 576 g/mol. The van der Waals surface area contributed by atoms with Crippen molar-refractivity contribution in [1.29, 1.82) is 0 Å². The summed E-state index contributed by atoms with van der Waals surface area (Å²) >= 11 is 1.98. The van der Waals surface area contributed by atoms with Gasteiger partial charge in [0.2, 0.25) is 15.6 Å². The van der Waals surface area contributed by atoms with E-state index >= 15 is 0 Å². The van der Waals surface area contributed by atoms with Crippen LogP contribution in [0.15, 0.2) is 53.3 Å². The normalized spacial score (nSPS) is 17.3. The zero-order chi connectivity index (χ0) is 24.5. The first kappa shape index (κ1) is 24.5. The van der Waals surface area contributed by atoms with Gasteiger partial charge < -0.3 is 19.8 Å². The van der Waals surface area contributed by atoms with Crippen LogP contribution in [-0.4, -0.2) is 32.9 Å². The third-order valence-corrected chi connectivity index (χ3v) is 7.99. The molecule has 2 atom stereocenters. The van der Waals surface area contributed by atoms with Gasteiger partial charge in [0.1, 0.15) is 17.4 Å². The number of sulfonamides is 1. The molecule has 0 radical (unpaired) electrons. The molecule has 0 amide bonds. The van der Waals surface area contributed by atoms with E-state index in [1.54, 1.807) is 19.2 Å². The van der Waals surface area contributed by atoms with Crippen molar-refractivity contribution in [3.05, 3.63) is 79.4 Å². The lowest BCUT2D eigenvalue weighted by Crippen LogP contribution is -2.23. The van der Waals surface area contributed by atoms with E-state index in [0.717, 1.165) is 5.56 Å². The van der Waals surface area contributed by atoms with Gasteiger partial charge in [0.25, 0.3) is 0 Å². The lowest BCUT2D eigenvalue weighted by molar-refractivity contribution is 0.185. The summed E-state index contributed by atoms with van der Waals surface area (Å²) in [6.07, 6.45) is 0.444. The largest absolute Gasteiger partial charge is 0.497 e. The molecule has 4 rings (SSSR count). The number of H-pyrrole nitrogens is 1. The van der Waals surface area contributed by atoms with Crippen molar-refractivity contribution in [2.75, 3.05) is 24.3 Å². The molecule has 0 bridgehead atoms. The quantitative estimate of drug-likeness (QED) is 0.317. The Balaban J connectivity index is 1.66. The number of hydrogen-bond acceptors (Lipinski definition) is 6. The van der Waals surface area contributed by atoms with E-state index in [1.807, 2.05) is 40.8 Å². The maximum atomic E-state index is 14.5. The number of halogens is 2. The zero-order valence-electron chi connectivity index (χ0n) is 18.4. The second-order valence-electron chi connectivity index (χ2n) is 7.90. The number of pyridine rings is 1. The average molecular weight is 599 g/mol. The van der Waals surface area contributed by atoms with Crippen molar-refractivity contribution in [1.82, 2.24) is 4.98 Å². The standard InChI is InChI=1S/C23H23FIN3O5S/c1-32-12-14-9-21(29)27-23(26-19-7-6-15(25)10-18(19)24)22(14)28-34(30,31)20-11-17(20)13-4-3-5-16(8-13)33-2/h3-10,17,20,28H,11-12H2,1-2H3,(H2,26,27,29). The molecule has 1 saturated carbocycles. The monoisotopic (exact) mass is 599 g/mol. The van der Waals surface area contributed by atoms with E-state index in [0.29, 0.717) is 21.3 Å². The van der Waals surface area contributed by atoms with Crippen molar-refractivity contribution in [3.63, 3.8) is 0 Å². The average Bonchev–Trinajstić information content (AvgIpc) is 3.60. The molecule has 0 saturated heterocycles. The molecule has 1 aliphatic rings. The lowest BCUT2D eigenvalue weighted by atomic mass is 10.1. The Morgan fingerprint density at radius 1 is 1.18 bits per heavy atom. The summed E-state index contributed by atoms with van der Waals surface area (Å²) in [5.74, 6) is -0.0466. The van der Waals surface area contributed by atoms with E-state index < -0.39 is 26.6 Å². The highest BCUT2D eigenvalue weighted by Crippen LogP contribution is 2.47. The molecule has 34 heavy (non-hydrogen) atoms. The first-order valence-electron chi connectivity index (χ1n) is 10.3. The topological polar surface area (TPSA) is 110 Å². The van der Waals surface area contributed by atoms with Gasteiger partial charge in [-0.1, -0.05) is 12.1 Å². The van der Waals surface area contributed by atoms with Gasteiger partial charge in [0.05, 0.1) is 30.3 Å². The van der Waals surface area contributed by atoms with Gasteiger partial charge in [-0.05, 0) is 64.9 Å². The lowest BCUT2D eigenvalue weighted by Gasteiger charge is -2.18. The molecular formula is C23H23FIN3O5S. The van der Waals surface area contributed by atoms with E-state index in [9.17, 15) is 17.6 Å². The Morgan fingerprint density at radius 2 is 1.97 bits per heavy atom. The predicted octanol–water partition coefficient (Wildman–Crippen LogP) is 4.32. The predicted molar refractivity (Wildman–Crippen MR) is 137 cm³/mol. The van der Waals surface area contributed by atoms with Crippen LogP contribution < -0.4 is 20.3 Å². The van der Waals surface area contributed by atoms with Gasteiger partial charge in [0.15, 0.2) is 0 Å². The number of hydrogen-bond donors (Lipinski definition) is 3. The van der Waals surface area contributed by atoms with Crippen LogP contribution in [0.5, 0.6) is 5.75 Å². The van der Waals surface area contributed by atoms with Crippen molar-refractivity contribution in [2.24, 2.45) is 0 Å². The Hall–Kier alpha value is -2.64. The van der Waals surface area contributed by atoms with Crippen LogP contribution in [-0.2, 0) is 21.4 Å². The second-order valence-corrected chi connectivity index (χ2v) is 11.0. The van der Waals surface area contributed by atoms with Crippen molar-refractivity contribution < 1.29 is 22.3 Å². The van der Waals surface area contributed by atoms with Gasteiger partial charge >= 0.3 is 0 Å². The maximum Gasteiger partial charge on any atom is 0.249 e. The summed E-state index contributed by atoms with van der Waals surface area (Å²) in [6.45, 7) is -0.0183. The Bertz CT molecular complexity index is 1380. The highest BCUT2D eigenvalue weighted by Gasteiger charge is 2.48. The summed E-state index contributed by atoms with van der Waals surface area (Å²) in [6, 6.07) is 13.1. The molecule has 2 aromatic carbocycles. The number of aromatic nitrogens is 1. The first-order chi connectivity index (χ1) is 16.2. The Kier molecular flexibility index (Phi) is 7.14. The van der Waals surface area contributed by atoms with Crippen LogP contribution in [0.25, 0.3) is 0 Å². The molecule has 1 fully saturated rings. The maximum absolute atomic E-state index is 14.5. The third kappa shape index (κ3) is 5.36. The SMILES string of the molecule is COCc1cc(=O)[nH]c(Nc2ccc(I)cc2F)c1NS(=O)(=O)C1CC1c1cccc(OC)c1. The van der Waals surface area contributed by atoms with Crippen LogP contribution in [0.4, 0.5) is 21.6 Å². The first-order valence-corrected chi connectivity index (χ1v) is 13.0. The molecule has 2 unspecified atom stereocenters. The highest BCUT2D eigenvalue weighted by molar-refractivity contribution is 14.1. The molecule has 180 valence electrons. The molecule has 0 aliphatic heterocycles. The molecule has 1 aliphatic carbocycles.